The third-order valence-electron chi connectivity index (χ3n) is 4.18. The minimum Gasteiger partial charge on any atom is -0.481 e. The highest BCUT2D eigenvalue weighted by Gasteiger charge is 2.34. The van der Waals surface area contributed by atoms with Crippen LogP contribution in [0, 0.1) is 5.82 Å². The number of ether oxygens (including phenoxy) is 1. The van der Waals surface area contributed by atoms with E-state index in [0.717, 1.165) is 12.1 Å². The van der Waals surface area contributed by atoms with E-state index in [1.807, 2.05) is 36.9 Å². The van der Waals surface area contributed by atoms with Crippen LogP contribution in [0.25, 0.3) is 0 Å². The molecule has 0 bridgehead atoms. The van der Waals surface area contributed by atoms with Gasteiger partial charge in [-0.2, -0.15) is 0 Å². The van der Waals surface area contributed by atoms with Crippen molar-refractivity contribution in [3.8, 4) is 5.75 Å². The molecule has 4 heteroatoms. The molecule has 0 radical (unpaired) electrons. The molecule has 0 aliphatic carbocycles. The monoisotopic (exact) mass is 313 g/mol. The number of nitrogens with zero attached hydrogens (tertiary/aromatic N) is 1. The molecule has 0 aromatic heterocycles. The zero-order valence-corrected chi connectivity index (χ0v) is 13.3. The van der Waals surface area contributed by atoms with Gasteiger partial charge in [-0.05, 0) is 55.7 Å². The molecule has 0 saturated heterocycles. The molecule has 1 amide bonds. The first-order valence-electron chi connectivity index (χ1n) is 7.93. The lowest BCUT2D eigenvalue weighted by atomic mass is 10.1. The highest BCUT2D eigenvalue weighted by molar-refractivity contribution is 5.99. The van der Waals surface area contributed by atoms with Crippen molar-refractivity contribution >= 4 is 11.6 Å². The van der Waals surface area contributed by atoms with Crippen LogP contribution in [0.3, 0.4) is 0 Å². The van der Waals surface area contributed by atoms with E-state index in [0.29, 0.717) is 12.2 Å². The van der Waals surface area contributed by atoms with Crippen molar-refractivity contribution < 1.29 is 13.9 Å². The number of hydrogen-bond acceptors (Lipinski definition) is 2. The van der Waals surface area contributed by atoms with Crippen LogP contribution in [0.5, 0.6) is 5.75 Å². The maximum absolute atomic E-state index is 13.0. The Morgan fingerprint density at radius 1 is 1.26 bits per heavy atom. The first kappa shape index (κ1) is 15.5. The maximum atomic E-state index is 13.0. The summed E-state index contributed by atoms with van der Waals surface area (Å²) >= 11 is 0. The zero-order valence-electron chi connectivity index (χ0n) is 13.3. The van der Waals surface area contributed by atoms with Gasteiger partial charge in [0.1, 0.15) is 11.6 Å². The Labute approximate surface area is 135 Å². The number of anilines is 1. The van der Waals surface area contributed by atoms with Crippen molar-refractivity contribution in [3.63, 3.8) is 0 Å². The van der Waals surface area contributed by atoms with Crippen molar-refractivity contribution in [2.45, 2.75) is 38.8 Å². The first-order chi connectivity index (χ1) is 11.1. The summed E-state index contributed by atoms with van der Waals surface area (Å²) in [7, 11) is 0. The Hall–Kier alpha value is -2.36. The molecule has 2 atom stereocenters. The number of halogens is 1. The summed E-state index contributed by atoms with van der Waals surface area (Å²) in [4.78, 5) is 14.8. The smallest absolute Gasteiger partial charge is 0.268 e. The van der Waals surface area contributed by atoms with Gasteiger partial charge >= 0.3 is 0 Å². The number of benzene rings is 2. The minimum absolute atomic E-state index is 0.0470. The van der Waals surface area contributed by atoms with Crippen LogP contribution in [-0.4, -0.2) is 18.1 Å². The van der Waals surface area contributed by atoms with Crippen LogP contribution in [0.1, 0.15) is 25.8 Å². The predicted octanol–water partition coefficient (Wildman–Crippen LogP) is 3.96. The third-order valence-corrected chi connectivity index (χ3v) is 4.18. The Morgan fingerprint density at radius 3 is 2.65 bits per heavy atom. The SMILES string of the molecule is CC[C@H](Oc1ccc(F)cc1)C(=O)N1c2ccccc2C[C@H]1C. The lowest BCUT2D eigenvalue weighted by molar-refractivity contribution is -0.125. The highest BCUT2D eigenvalue weighted by atomic mass is 19.1. The van der Waals surface area contributed by atoms with Crippen molar-refractivity contribution in [2.75, 3.05) is 4.90 Å². The summed E-state index contributed by atoms with van der Waals surface area (Å²) in [6, 6.07) is 13.8. The number of fused-ring (bicyclic) bond motifs is 1. The third kappa shape index (κ3) is 3.07. The fourth-order valence-electron chi connectivity index (χ4n) is 3.04. The zero-order chi connectivity index (χ0) is 16.4. The van der Waals surface area contributed by atoms with Gasteiger partial charge in [-0.15, -0.1) is 0 Å². The molecule has 1 heterocycles. The molecule has 1 aliphatic heterocycles. The second kappa shape index (κ2) is 6.41. The molecule has 0 saturated carbocycles. The fraction of sp³-hybridized carbons (Fsp3) is 0.316. The van der Waals surface area contributed by atoms with E-state index in [2.05, 4.69) is 6.07 Å². The number of amides is 1. The van der Waals surface area contributed by atoms with E-state index in [9.17, 15) is 9.18 Å². The molecule has 0 spiro atoms. The van der Waals surface area contributed by atoms with E-state index >= 15 is 0 Å². The molecule has 0 unspecified atom stereocenters. The molecular formula is C19H20FNO2. The minimum atomic E-state index is -0.575. The molecule has 1 aliphatic rings. The van der Waals surface area contributed by atoms with E-state index in [4.69, 9.17) is 4.74 Å². The topological polar surface area (TPSA) is 29.5 Å². The second-order valence-electron chi connectivity index (χ2n) is 5.86. The van der Waals surface area contributed by atoms with Crippen molar-refractivity contribution in [2.24, 2.45) is 0 Å². The lowest BCUT2D eigenvalue weighted by Crippen LogP contribution is -2.44. The Morgan fingerprint density at radius 2 is 1.96 bits per heavy atom. The molecule has 0 fully saturated rings. The van der Waals surface area contributed by atoms with Crippen LogP contribution >= 0.6 is 0 Å². The van der Waals surface area contributed by atoms with Gasteiger partial charge in [-0.3, -0.25) is 4.79 Å². The predicted molar refractivity (Wildman–Crippen MR) is 88.2 cm³/mol. The van der Waals surface area contributed by atoms with Crippen molar-refractivity contribution in [1.82, 2.24) is 0 Å². The molecule has 2 aromatic rings. The number of carbonyl (C=O) groups excluding carboxylic acids is 1. The van der Waals surface area contributed by atoms with Crippen molar-refractivity contribution in [3.05, 3.63) is 59.9 Å². The van der Waals surface area contributed by atoms with Gasteiger partial charge in [-0.1, -0.05) is 25.1 Å². The van der Waals surface area contributed by atoms with Gasteiger partial charge in [0.05, 0.1) is 0 Å². The second-order valence-corrected chi connectivity index (χ2v) is 5.86. The largest absolute Gasteiger partial charge is 0.481 e. The van der Waals surface area contributed by atoms with Crippen LogP contribution in [0.2, 0.25) is 0 Å². The van der Waals surface area contributed by atoms with Gasteiger partial charge in [0.15, 0.2) is 6.10 Å². The molecular weight excluding hydrogens is 293 g/mol. The Kier molecular flexibility index (Phi) is 4.33. The van der Waals surface area contributed by atoms with Gasteiger partial charge in [-0.25, -0.2) is 4.39 Å². The van der Waals surface area contributed by atoms with Gasteiger partial charge < -0.3 is 9.64 Å². The normalized spacial score (nSPS) is 17.7. The molecule has 2 aromatic carbocycles. The molecule has 3 rings (SSSR count). The number of hydrogen-bond donors (Lipinski definition) is 0. The molecule has 120 valence electrons. The van der Waals surface area contributed by atoms with Gasteiger partial charge in [0.2, 0.25) is 0 Å². The maximum Gasteiger partial charge on any atom is 0.268 e. The van der Waals surface area contributed by atoms with Gasteiger partial charge in [0.25, 0.3) is 5.91 Å². The summed E-state index contributed by atoms with van der Waals surface area (Å²) in [6.07, 6.45) is 0.838. The number of carbonyl (C=O) groups is 1. The lowest BCUT2D eigenvalue weighted by Gasteiger charge is -2.27. The first-order valence-corrected chi connectivity index (χ1v) is 7.93. The molecule has 3 nitrogen and oxygen atoms in total. The summed E-state index contributed by atoms with van der Waals surface area (Å²) in [5.41, 5.74) is 2.15. The summed E-state index contributed by atoms with van der Waals surface area (Å²) in [6.45, 7) is 3.96. The van der Waals surface area contributed by atoms with Crippen LogP contribution in [-0.2, 0) is 11.2 Å². The van der Waals surface area contributed by atoms with Crippen LogP contribution in [0.15, 0.2) is 48.5 Å². The number of para-hydroxylation sites is 1. The Balaban J connectivity index is 1.81. The van der Waals surface area contributed by atoms with Crippen LogP contribution in [0.4, 0.5) is 10.1 Å². The van der Waals surface area contributed by atoms with Crippen LogP contribution < -0.4 is 9.64 Å². The Bertz CT molecular complexity index is 699. The van der Waals surface area contributed by atoms with E-state index in [1.165, 1.54) is 17.7 Å². The standard InChI is InChI=1S/C19H20FNO2/c1-3-18(23-16-10-8-15(20)9-11-16)19(22)21-13(2)12-14-6-4-5-7-17(14)21/h4-11,13,18H,3,12H2,1-2H3/t13-,18+/m1/s1. The van der Waals surface area contributed by atoms with Crippen molar-refractivity contribution in [1.29, 1.82) is 0 Å². The number of rotatable bonds is 4. The average Bonchev–Trinajstić information content (AvgIpc) is 2.89. The molecule has 0 N–H and O–H groups in total. The van der Waals surface area contributed by atoms with E-state index in [1.54, 1.807) is 12.1 Å². The average molecular weight is 313 g/mol. The summed E-state index contributed by atoms with van der Waals surface area (Å²) < 4.78 is 18.8. The van der Waals surface area contributed by atoms with E-state index in [-0.39, 0.29) is 17.8 Å². The van der Waals surface area contributed by atoms with Gasteiger partial charge in [0, 0.05) is 11.7 Å². The fourth-order valence-corrected chi connectivity index (χ4v) is 3.04. The highest BCUT2D eigenvalue weighted by Crippen LogP contribution is 2.33. The quantitative estimate of drug-likeness (QED) is 0.855. The summed E-state index contributed by atoms with van der Waals surface area (Å²) in [5.74, 6) is 0.139. The molecule has 23 heavy (non-hydrogen) atoms. The summed E-state index contributed by atoms with van der Waals surface area (Å²) in [5, 5.41) is 0. The van der Waals surface area contributed by atoms with E-state index < -0.39 is 6.10 Å².